The monoisotopic (exact) mass is 192 g/mol. The van der Waals surface area contributed by atoms with E-state index in [1.165, 1.54) is 0 Å². The Labute approximate surface area is 82.3 Å². The molecule has 4 nitrogen and oxygen atoms in total. The van der Waals surface area contributed by atoms with Crippen molar-refractivity contribution < 1.29 is 9.53 Å². The smallest absolute Gasteiger partial charge is 0.329 e. The molecular formula is C10H12N2O2. The molecule has 1 aliphatic heterocycles. The number of nitrogens with zero attached hydrogens (tertiary/aromatic N) is 1. The maximum Gasteiger partial charge on any atom is 0.329 e. The molecule has 0 spiro atoms. The highest BCUT2D eigenvalue weighted by Crippen LogP contribution is 2.10. The first-order valence-electron chi connectivity index (χ1n) is 4.72. The first-order chi connectivity index (χ1) is 6.86. The minimum absolute atomic E-state index is 0.156. The van der Waals surface area contributed by atoms with E-state index in [1.54, 1.807) is 24.4 Å². The molecule has 1 aromatic heterocycles. The molecule has 0 saturated carbocycles. The minimum Gasteiger partial charge on any atom is -0.406 e. The topological polar surface area (TPSA) is 51.2 Å². The molecular weight excluding hydrogens is 180 g/mol. The summed E-state index contributed by atoms with van der Waals surface area (Å²) in [7, 11) is 0. The maximum absolute atomic E-state index is 11.5. The minimum atomic E-state index is -0.235. The molecule has 0 unspecified atom stereocenters. The number of nitrogens with one attached hydrogen (secondary N) is 1. The van der Waals surface area contributed by atoms with Crippen molar-refractivity contribution in [2.45, 2.75) is 18.9 Å². The van der Waals surface area contributed by atoms with E-state index in [-0.39, 0.29) is 12.0 Å². The summed E-state index contributed by atoms with van der Waals surface area (Å²) in [5, 5.41) is 3.07. The highest BCUT2D eigenvalue weighted by atomic mass is 16.5. The van der Waals surface area contributed by atoms with Crippen LogP contribution in [0.2, 0.25) is 0 Å². The van der Waals surface area contributed by atoms with E-state index < -0.39 is 0 Å². The fraction of sp³-hybridized carbons (Fsp3) is 0.400. The predicted molar refractivity (Wildman–Crippen MR) is 50.9 cm³/mol. The van der Waals surface area contributed by atoms with Gasteiger partial charge in [-0.25, -0.2) is 9.78 Å². The third-order valence-corrected chi connectivity index (χ3v) is 2.19. The Kier molecular flexibility index (Phi) is 2.74. The van der Waals surface area contributed by atoms with Crippen LogP contribution in [-0.4, -0.2) is 23.5 Å². The van der Waals surface area contributed by atoms with Crippen molar-refractivity contribution in [2.24, 2.45) is 0 Å². The lowest BCUT2D eigenvalue weighted by atomic mass is 10.2. The zero-order valence-electron chi connectivity index (χ0n) is 7.77. The standard InChI is InChI=1S/C10H12N2O2/c13-10(8-4-3-7-11-8)14-9-5-1-2-6-12-9/h1-2,5-6,8,11H,3-4,7H2/t8-/m1/s1. The molecule has 0 radical (unpaired) electrons. The van der Waals surface area contributed by atoms with Gasteiger partial charge in [0.1, 0.15) is 6.04 Å². The van der Waals surface area contributed by atoms with Gasteiger partial charge >= 0.3 is 5.97 Å². The Bertz CT molecular complexity index is 307. The van der Waals surface area contributed by atoms with Crippen molar-refractivity contribution >= 4 is 5.97 Å². The van der Waals surface area contributed by atoms with Gasteiger partial charge < -0.3 is 10.1 Å². The maximum atomic E-state index is 11.5. The van der Waals surface area contributed by atoms with Gasteiger partial charge in [-0.2, -0.15) is 0 Å². The number of esters is 1. The summed E-state index contributed by atoms with van der Waals surface area (Å²) in [5.41, 5.74) is 0. The molecule has 0 bridgehead atoms. The van der Waals surface area contributed by atoms with Crippen LogP contribution in [-0.2, 0) is 4.79 Å². The lowest BCUT2D eigenvalue weighted by molar-refractivity contribution is -0.136. The van der Waals surface area contributed by atoms with Gasteiger partial charge in [0.25, 0.3) is 0 Å². The molecule has 74 valence electrons. The van der Waals surface area contributed by atoms with Crippen molar-refractivity contribution in [2.75, 3.05) is 6.54 Å². The molecule has 4 heteroatoms. The fourth-order valence-electron chi connectivity index (χ4n) is 1.47. The molecule has 1 saturated heterocycles. The van der Waals surface area contributed by atoms with Crippen molar-refractivity contribution in [3.05, 3.63) is 24.4 Å². The summed E-state index contributed by atoms with van der Waals surface area (Å²) in [6.45, 7) is 0.891. The highest BCUT2D eigenvalue weighted by molar-refractivity contribution is 5.78. The van der Waals surface area contributed by atoms with Gasteiger partial charge in [0.05, 0.1) is 0 Å². The largest absolute Gasteiger partial charge is 0.406 e. The molecule has 1 aromatic rings. The van der Waals surface area contributed by atoms with Gasteiger partial charge in [0, 0.05) is 12.3 Å². The number of hydrogen-bond donors (Lipinski definition) is 1. The van der Waals surface area contributed by atoms with Crippen LogP contribution in [0.25, 0.3) is 0 Å². The number of hydrogen-bond acceptors (Lipinski definition) is 4. The number of pyridine rings is 1. The van der Waals surface area contributed by atoms with Gasteiger partial charge in [0.15, 0.2) is 0 Å². The Morgan fingerprint density at radius 1 is 1.57 bits per heavy atom. The van der Waals surface area contributed by atoms with E-state index in [9.17, 15) is 4.79 Å². The highest BCUT2D eigenvalue weighted by Gasteiger charge is 2.23. The van der Waals surface area contributed by atoms with E-state index in [2.05, 4.69) is 10.3 Å². The van der Waals surface area contributed by atoms with E-state index in [0.29, 0.717) is 5.88 Å². The number of rotatable bonds is 2. The zero-order chi connectivity index (χ0) is 9.80. The number of carbonyl (C=O) groups is 1. The van der Waals surface area contributed by atoms with Gasteiger partial charge in [-0.05, 0) is 25.5 Å². The molecule has 1 aliphatic rings. The van der Waals surface area contributed by atoms with E-state index >= 15 is 0 Å². The summed E-state index contributed by atoms with van der Waals surface area (Å²) in [6, 6.07) is 5.09. The molecule has 1 N–H and O–H groups in total. The summed E-state index contributed by atoms with van der Waals surface area (Å²) in [6.07, 6.45) is 3.48. The molecule has 0 amide bonds. The molecule has 0 aliphatic carbocycles. The van der Waals surface area contributed by atoms with E-state index in [1.807, 2.05) is 0 Å². The first-order valence-corrected chi connectivity index (χ1v) is 4.72. The van der Waals surface area contributed by atoms with Crippen LogP contribution in [0.4, 0.5) is 0 Å². The number of carbonyl (C=O) groups excluding carboxylic acids is 1. The Morgan fingerprint density at radius 3 is 3.14 bits per heavy atom. The average Bonchev–Trinajstić information content (AvgIpc) is 2.72. The first kappa shape index (κ1) is 9.15. The molecule has 2 heterocycles. The third kappa shape index (κ3) is 2.09. The predicted octanol–water partition coefficient (Wildman–Crippen LogP) is 0.739. The van der Waals surface area contributed by atoms with Gasteiger partial charge in [-0.15, -0.1) is 0 Å². The summed E-state index contributed by atoms with van der Waals surface area (Å²) >= 11 is 0. The lowest BCUT2D eigenvalue weighted by Crippen LogP contribution is -2.34. The van der Waals surface area contributed by atoms with Crippen LogP contribution in [0.5, 0.6) is 5.88 Å². The quantitative estimate of drug-likeness (QED) is 0.702. The number of ether oxygens (including phenoxy) is 1. The van der Waals surface area contributed by atoms with Gasteiger partial charge in [-0.3, -0.25) is 0 Å². The normalized spacial score (nSPS) is 20.7. The van der Waals surface area contributed by atoms with Crippen LogP contribution in [0, 0.1) is 0 Å². The zero-order valence-corrected chi connectivity index (χ0v) is 7.77. The van der Waals surface area contributed by atoms with Crippen molar-refractivity contribution in [1.29, 1.82) is 0 Å². The lowest BCUT2D eigenvalue weighted by Gasteiger charge is -2.08. The molecule has 2 rings (SSSR count). The van der Waals surface area contributed by atoms with Crippen LogP contribution < -0.4 is 10.1 Å². The van der Waals surface area contributed by atoms with Gasteiger partial charge in [-0.1, -0.05) is 6.07 Å². The Morgan fingerprint density at radius 2 is 2.50 bits per heavy atom. The molecule has 0 aromatic carbocycles. The van der Waals surface area contributed by atoms with Crippen LogP contribution in [0.15, 0.2) is 24.4 Å². The molecule has 1 atom stereocenters. The van der Waals surface area contributed by atoms with Crippen LogP contribution in [0.1, 0.15) is 12.8 Å². The third-order valence-electron chi connectivity index (χ3n) is 2.19. The Hall–Kier alpha value is -1.42. The fourth-order valence-corrected chi connectivity index (χ4v) is 1.47. The second-order valence-electron chi connectivity index (χ2n) is 3.24. The number of aromatic nitrogens is 1. The summed E-state index contributed by atoms with van der Waals surface area (Å²) in [5.74, 6) is 0.132. The second-order valence-corrected chi connectivity index (χ2v) is 3.24. The Balaban J connectivity index is 1.94. The summed E-state index contributed by atoms with van der Waals surface area (Å²) < 4.78 is 5.09. The second kappa shape index (κ2) is 4.19. The van der Waals surface area contributed by atoms with Crippen LogP contribution >= 0.6 is 0 Å². The van der Waals surface area contributed by atoms with Gasteiger partial charge in [0.2, 0.25) is 5.88 Å². The van der Waals surface area contributed by atoms with E-state index in [0.717, 1.165) is 19.4 Å². The molecule has 14 heavy (non-hydrogen) atoms. The average molecular weight is 192 g/mol. The molecule has 1 fully saturated rings. The van der Waals surface area contributed by atoms with Crippen molar-refractivity contribution in [3.8, 4) is 5.88 Å². The van der Waals surface area contributed by atoms with E-state index in [4.69, 9.17) is 4.74 Å². The van der Waals surface area contributed by atoms with Crippen molar-refractivity contribution in [3.63, 3.8) is 0 Å². The SMILES string of the molecule is O=C(Oc1ccccn1)[C@H]1CCCN1. The summed E-state index contributed by atoms with van der Waals surface area (Å²) in [4.78, 5) is 15.4. The van der Waals surface area contributed by atoms with Crippen molar-refractivity contribution in [1.82, 2.24) is 10.3 Å². The van der Waals surface area contributed by atoms with Crippen LogP contribution in [0.3, 0.4) is 0 Å².